The van der Waals surface area contributed by atoms with Crippen LogP contribution >= 0.6 is 0 Å². The molecule has 0 saturated carbocycles. The molecule has 0 aliphatic heterocycles. The number of nitrogens with zero attached hydrogens (tertiary/aromatic N) is 2. The van der Waals surface area contributed by atoms with Gasteiger partial charge in [0, 0.05) is 10.8 Å². The van der Waals surface area contributed by atoms with E-state index in [0.717, 1.165) is 28.4 Å². The van der Waals surface area contributed by atoms with E-state index >= 15 is 0 Å². The molecule has 0 saturated heterocycles. The van der Waals surface area contributed by atoms with Crippen molar-refractivity contribution < 1.29 is 22.3 Å². The lowest BCUT2D eigenvalue weighted by atomic mass is 10.1. The second-order valence-corrected chi connectivity index (χ2v) is 7.56. The number of para-hydroxylation sites is 1. The van der Waals surface area contributed by atoms with Gasteiger partial charge in [-0.2, -0.15) is 13.2 Å². The van der Waals surface area contributed by atoms with Gasteiger partial charge in [-0.25, -0.2) is 9.97 Å². The van der Waals surface area contributed by atoms with Crippen molar-refractivity contribution in [2.75, 3.05) is 0 Å². The summed E-state index contributed by atoms with van der Waals surface area (Å²) in [5.41, 5.74) is 1.52. The first-order valence-corrected chi connectivity index (χ1v) is 9.77. The predicted molar refractivity (Wildman–Crippen MR) is 113 cm³/mol. The van der Waals surface area contributed by atoms with Gasteiger partial charge in [-0.1, -0.05) is 18.2 Å². The van der Waals surface area contributed by atoms with Crippen LogP contribution in [0.2, 0.25) is 0 Å². The highest BCUT2D eigenvalue weighted by atomic mass is 19.4. The zero-order valence-electron chi connectivity index (χ0n) is 16.7. The van der Waals surface area contributed by atoms with Crippen molar-refractivity contribution in [3.63, 3.8) is 0 Å². The second-order valence-electron chi connectivity index (χ2n) is 7.56. The van der Waals surface area contributed by atoms with E-state index in [2.05, 4.69) is 4.98 Å². The van der Waals surface area contributed by atoms with Gasteiger partial charge in [0.15, 0.2) is 5.58 Å². The standard InChI is InChI=1S/C24H17F3N2O2/c1-13(2)30-20-9-7-15-11-14-5-3-4-6-17(14)28-22(15)21(20)23-29-18-12-16(24(25,26)27)8-10-19(18)31-23/h3-13H,1-2H3. The molecule has 2 aromatic heterocycles. The first kappa shape index (κ1) is 19.4. The Hall–Kier alpha value is -3.61. The molecule has 31 heavy (non-hydrogen) atoms. The number of ether oxygens (including phenoxy) is 1. The van der Waals surface area contributed by atoms with E-state index in [4.69, 9.17) is 14.1 Å². The molecule has 0 fully saturated rings. The van der Waals surface area contributed by atoms with Gasteiger partial charge in [0.05, 0.1) is 22.7 Å². The van der Waals surface area contributed by atoms with Crippen LogP contribution in [-0.2, 0) is 6.18 Å². The molecule has 5 aromatic rings. The number of hydrogen-bond acceptors (Lipinski definition) is 4. The van der Waals surface area contributed by atoms with Crippen molar-refractivity contribution in [2.45, 2.75) is 26.1 Å². The van der Waals surface area contributed by atoms with Gasteiger partial charge in [-0.05, 0) is 56.3 Å². The number of alkyl halides is 3. The van der Waals surface area contributed by atoms with Gasteiger partial charge in [0.1, 0.15) is 16.8 Å². The molecule has 0 aliphatic carbocycles. The average molecular weight is 422 g/mol. The number of rotatable bonds is 3. The Morgan fingerprint density at radius 3 is 2.45 bits per heavy atom. The Kier molecular flexibility index (Phi) is 4.36. The first-order valence-electron chi connectivity index (χ1n) is 9.77. The highest BCUT2D eigenvalue weighted by Crippen LogP contribution is 2.39. The molecule has 5 rings (SSSR count). The fourth-order valence-corrected chi connectivity index (χ4v) is 3.59. The van der Waals surface area contributed by atoms with Crippen LogP contribution in [0.3, 0.4) is 0 Å². The van der Waals surface area contributed by atoms with Crippen LogP contribution in [0.4, 0.5) is 13.2 Å². The lowest BCUT2D eigenvalue weighted by molar-refractivity contribution is -0.137. The van der Waals surface area contributed by atoms with E-state index in [9.17, 15) is 13.2 Å². The monoisotopic (exact) mass is 422 g/mol. The molecule has 0 aliphatic rings. The molecule has 0 spiro atoms. The molecule has 0 atom stereocenters. The van der Waals surface area contributed by atoms with E-state index in [1.54, 1.807) is 0 Å². The minimum atomic E-state index is -4.46. The first-order chi connectivity index (χ1) is 14.8. The number of aromatic nitrogens is 2. The zero-order valence-corrected chi connectivity index (χ0v) is 16.7. The van der Waals surface area contributed by atoms with Gasteiger partial charge in [-0.15, -0.1) is 0 Å². The molecule has 0 bridgehead atoms. The summed E-state index contributed by atoms with van der Waals surface area (Å²) < 4.78 is 51.2. The number of hydrogen-bond donors (Lipinski definition) is 0. The molecule has 156 valence electrons. The smallest absolute Gasteiger partial charge is 0.416 e. The summed E-state index contributed by atoms with van der Waals surface area (Å²) in [5, 5.41) is 1.83. The van der Waals surface area contributed by atoms with Crippen molar-refractivity contribution in [1.29, 1.82) is 0 Å². The molecule has 0 N–H and O–H groups in total. The summed E-state index contributed by atoms with van der Waals surface area (Å²) in [5.74, 6) is 0.672. The summed E-state index contributed by atoms with van der Waals surface area (Å²) in [4.78, 5) is 9.16. The third-order valence-corrected chi connectivity index (χ3v) is 4.94. The van der Waals surface area contributed by atoms with Gasteiger partial charge in [0.25, 0.3) is 0 Å². The minimum Gasteiger partial charge on any atom is -0.490 e. The van der Waals surface area contributed by atoms with E-state index < -0.39 is 11.7 Å². The maximum atomic E-state index is 13.1. The van der Waals surface area contributed by atoms with E-state index in [1.807, 2.05) is 56.3 Å². The summed E-state index contributed by atoms with van der Waals surface area (Å²) in [7, 11) is 0. The Morgan fingerprint density at radius 2 is 1.68 bits per heavy atom. The van der Waals surface area contributed by atoms with Crippen molar-refractivity contribution in [3.8, 4) is 17.2 Å². The van der Waals surface area contributed by atoms with Crippen LogP contribution in [0, 0.1) is 0 Å². The number of benzene rings is 3. The van der Waals surface area contributed by atoms with Crippen LogP contribution < -0.4 is 4.74 Å². The third-order valence-electron chi connectivity index (χ3n) is 4.94. The highest BCUT2D eigenvalue weighted by Gasteiger charge is 2.31. The van der Waals surface area contributed by atoms with Crippen LogP contribution in [0.1, 0.15) is 19.4 Å². The molecule has 4 nitrogen and oxygen atoms in total. The average Bonchev–Trinajstić information content (AvgIpc) is 3.14. The van der Waals surface area contributed by atoms with Crippen molar-refractivity contribution >= 4 is 32.9 Å². The van der Waals surface area contributed by atoms with Gasteiger partial charge < -0.3 is 9.15 Å². The van der Waals surface area contributed by atoms with Crippen LogP contribution in [0.15, 0.2) is 65.1 Å². The highest BCUT2D eigenvalue weighted by molar-refractivity contribution is 6.01. The molecule has 0 amide bonds. The number of fused-ring (bicyclic) bond motifs is 3. The van der Waals surface area contributed by atoms with Crippen molar-refractivity contribution in [1.82, 2.24) is 9.97 Å². The van der Waals surface area contributed by atoms with Gasteiger partial charge in [-0.3, -0.25) is 0 Å². The summed E-state index contributed by atoms with van der Waals surface area (Å²) in [6.45, 7) is 3.78. The van der Waals surface area contributed by atoms with Crippen molar-refractivity contribution in [2.24, 2.45) is 0 Å². The Balaban J connectivity index is 1.79. The predicted octanol–water partition coefficient (Wildman–Crippen LogP) is 7.00. The Labute approximate surface area is 175 Å². The minimum absolute atomic E-state index is 0.123. The molecule has 0 unspecified atom stereocenters. The topological polar surface area (TPSA) is 48.2 Å². The zero-order chi connectivity index (χ0) is 21.8. The molecule has 2 heterocycles. The summed E-state index contributed by atoms with van der Waals surface area (Å²) in [6.07, 6.45) is -4.59. The molecular weight excluding hydrogens is 405 g/mol. The third kappa shape index (κ3) is 3.46. The molecule has 0 radical (unpaired) electrons. The number of oxazole rings is 1. The largest absolute Gasteiger partial charge is 0.490 e. The maximum Gasteiger partial charge on any atom is 0.416 e. The van der Waals surface area contributed by atoms with Crippen molar-refractivity contribution in [3.05, 3.63) is 66.2 Å². The lowest BCUT2D eigenvalue weighted by Crippen LogP contribution is -2.07. The van der Waals surface area contributed by atoms with E-state index in [-0.39, 0.29) is 23.1 Å². The number of halogens is 3. The second kappa shape index (κ2) is 6.97. The van der Waals surface area contributed by atoms with Gasteiger partial charge >= 0.3 is 6.18 Å². The SMILES string of the molecule is CC(C)Oc1ccc2cc3ccccc3nc2c1-c1nc2cc(C(F)(F)F)ccc2o1. The van der Waals surface area contributed by atoms with Crippen LogP contribution in [-0.4, -0.2) is 16.1 Å². The Morgan fingerprint density at radius 1 is 0.871 bits per heavy atom. The fraction of sp³-hybridized carbons (Fsp3) is 0.167. The van der Waals surface area contributed by atoms with Crippen LogP contribution in [0.5, 0.6) is 5.75 Å². The maximum absolute atomic E-state index is 13.1. The Bertz CT molecular complexity index is 1440. The van der Waals surface area contributed by atoms with Gasteiger partial charge in [0.2, 0.25) is 5.89 Å². The summed E-state index contributed by atoms with van der Waals surface area (Å²) in [6, 6.07) is 16.7. The fourth-order valence-electron chi connectivity index (χ4n) is 3.59. The quantitative estimate of drug-likeness (QED) is 0.294. The summed E-state index contributed by atoms with van der Waals surface area (Å²) >= 11 is 0. The normalized spacial score (nSPS) is 12.3. The molecule has 7 heteroatoms. The lowest BCUT2D eigenvalue weighted by Gasteiger charge is -2.14. The van der Waals surface area contributed by atoms with E-state index in [1.165, 1.54) is 6.07 Å². The van der Waals surface area contributed by atoms with E-state index in [0.29, 0.717) is 16.8 Å². The number of pyridine rings is 1. The molecular formula is C24H17F3N2O2. The molecule has 3 aromatic carbocycles. The van der Waals surface area contributed by atoms with Crippen LogP contribution in [0.25, 0.3) is 44.4 Å².